The molecule has 1 aliphatic rings. The second-order valence-electron chi connectivity index (χ2n) is 3.33. The molecule has 0 aromatic rings. The molecule has 0 aromatic heterocycles. The minimum atomic E-state index is -0.475. The van der Waals surface area contributed by atoms with Crippen molar-refractivity contribution in [2.75, 3.05) is 6.54 Å². The number of aliphatic hydroxyl groups excluding tert-OH is 1. The van der Waals surface area contributed by atoms with Gasteiger partial charge in [0.25, 0.3) is 0 Å². The van der Waals surface area contributed by atoms with Crippen molar-refractivity contribution in [3.63, 3.8) is 0 Å². The van der Waals surface area contributed by atoms with E-state index in [0.29, 0.717) is 12.6 Å². The van der Waals surface area contributed by atoms with Gasteiger partial charge in [0.15, 0.2) is 0 Å². The SMILES string of the molecule is C[C@H](O)CNC(=O)NC1CCC1. The molecule has 0 saturated heterocycles. The molecule has 0 bridgehead atoms. The van der Waals surface area contributed by atoms with Crippen molar-refractivity contribution in [3.05, 3.63) is 0 Å². The lowest BCUT2D eigenvalue weighted by molar-refractivity contribution is 0.185. The average molecular weight is 172 g/mol. The van der Waals surface area contributed by atoms with E-state index < -0.39 is 6.10 Å². The Kier molecular flexibility index (Phi) is 3.34. The van der Waals surface area contributed by atoms with Crippen LogP contribution in [0, 0.1) is 0 Å². The summed E-state index contributed by atoms with van der Waals surface area (Å²) in [6.45, 7) is 1.96. The van der Waals surface area contributed by atoms with Crippen molar-refractivity contribution < 1.29 is 9.90 Å². The number of nitrogens with one attached hydrogen (secondary N) is 2. The molecule has 1 fully saturated rings. The molecule has 4 nitrogen and oxygen atoms in total. The van der Waals surface area contributed by atoms with Crippen molar-refractivity contribution >= 4 is 6.03 Å². The van der Waals surface area contributed by atoms with Gasteiger partial charge in [-0.15, -0.1) is 0 Å². The van der Waals surface area contributed by atoms with Crippen LogP contribution in [0.2, 0.25) is 0 Å². The van der Waals surface area contributed by atoms with Gasteiger partial charge in [0.05, 0.1) is 6.10 Å². The topological polar surface area (TPSA) is 61.4 Å². The Labute approximate surface area is 72.3 Å². The molecule has 12 heavy (non-hydrogen) atoms. The standard InChI is InChI=1S/C8H16N2O2/c1-6(11)5-9-8(12)10-7-3-2-4-7/h6-7,11H,2-5H2,1H3,(H2,9,10,12)/t6-/m0/s1. The van der Waals surface area contributed by atoms with Gasteiger partial charge in [-0.2, -0.15) is 0 Å². The smallest absolute Gasteiger partial charge is 0.315 e. The fourth-order valence-corrected chi connectivity index (χ4v) is 1.03. The Balaban J connectivity index is 2.03. The van der Waals surface area contributed by atoms with E-state index in [1.165, 1.54) is 6.42 Å². The molecule has 70 valence electrons. The van der Waals surface area contributed by atoms with Gasteiger partial charge in [-0.25, -0.2) is 4.79 Å². The fourth-order valence-electron chi connectivity index (χ4n) is 1.03. The van der Waals surface area contributed by atoms with Gasteiger partial charge >= 0.3 is 6.03 Å². The van der Waals surface area contributed by atoms with E-state index >= 15 is 0 Å². The van der Waals surface area contributed by atoms with Crippen LogP contribution in [0.3, 0.4) is 0 Å². The lowest BCUT2D eigenvalue weighted by atomic mass is 9.93. The Morgan fingerprint density at radius 1 is 1.67 bits per heavy atom. The van der Waals surface area contributed by atoms with E-state index in [1.54, 1.807) is 6.92 Å². The minimum absolute atomic E-state index is 0.166. The Hall–Kier alpha value is -0.770. The van der Waals surface area contributed by atoms with E-state index in [9.17, 15) is 4.79 Å². The molecular formula is C8H16N2O2. The third-order valence-electron chi connectivity index (χ3n) is 2.00. The average Bonchev–Trinajstić information content (AvgIpc) is 1.93. The number of carbonyl (C=O) groups excluding carboxylic acids is 1. The first kappa shape index (κ1) is 9.32. The Morgan fingerprint density at radius 3 is 2.75 bits per heavy atom. The van der Waals surface area contributed by atoms with E-state index in [2.05, 4.69) is 10.6 Å². The highest BCUT2D eigenvalue weighted by molar-refractivity contribution is 5.74. The molecule has 1 rings (SSSR count). The van der Waals surface area contributed by atoms with Crippen LogP contribution in [0.4, 0.5) is 4.79 Å². The lowest BCUT2D eigenvalue weighted by Gasteiger charge is -2.26. The highest BCUT2D eigenvalue weighted by Gasteiger charge is 2.18. The van der Waals surface area contributed by atoms with Gasteiger partial charge in [-0.3, -0.25) is 0 Å². The van der Waals surface area contributed by atoms with Crippen LogP contribution in [0.15, 0.2) is 0 Å². The molecule has 0 spiro atoms. The van der Waals surface area contributed by atoms with Crippen LogP contribution in [0.1, 0.15) is 26.2 Å². The van der Waals surface area contributed by atoms with Crippen LogP contribution >= 0.6 is 0 Å². The minimum Gasteiger partial charge on any atom is -0.392 e. The van der Waals surface area contributed by atoms with Gasteiger partial charge in [0.2, 0.25) is 0 Å². The predicted molar refractivity (Wildman–Crippen MR) is 45.9 cm³/mol. The normalized spacial score (nSPS) is 19.5. The van der Waals surface area contributed by atoms with Gasteiger partial charge in [-0.05, 0) is 26.2 Å². The molecule has 0 heterocycles. The third kappa shape index (κ3) is 3.09. The zero-order chi connectivity index (χ0) is 8.97. The highest BCUT2D eigenvalue weighted by atomic mass is 16.3. The molecule has 1 saturated carbocycles. The number of urea groups is 1. The summed E-state index contributed by atoms with van der Waals surface area (Å²) in [5.74, 6) is 0. The zero-order valence-electron chi connectivity index (χ0n) is 7.34. The van der Waals surface area contributed by atoms with Crippen molar-refractivity contribution in [1.82, 2.24) is 10.6 Å². The summed E-state index contributed by atoms with van der Waals surface area (Å²) in [6.07, 6.45) is 2.91. The molecule has 4 heteroatoms. The summed E-state index contributed by atoms with van der Waals surface area (Å²) in [5, 5.41) is 14.3. The fraction of sp³-hybridized carbons (Fsp3) is 0.875. The van der Waals surface area contributed by atoms with Crippen molar-refractivity contribution in [3.8, 4) is 0 Å². The third-order valence-corrected chi connectivity index (χ3v) is 2.00. The Morgan fingerprint density at radius 2 is 2.33 bits per heavy atom. The van der Waals surface area contributed by atoms with Gasteiger partial charge in [0, 0.05) is 12.6 Å². The van der Waals surface area contributed by atoms with Gasteiger partial charge < -0.3 is 15.7 Å². The van der Waals surface area contributed by atoms with Crippen LogP contribution in [0.5, 0.6) is 0 Å². The van der Waals surface area contributed by atoms with Crippen molar-refractivity contribution in [2.45, 2.75) is 38.3 Å². The maximum atomic E-state index is 11.0. The van der Waals surface area contributed by atoms with Gasteiger partial charge in [0.1, 0.15) is 0 Å². The zero-order valence-corrected chi connectivity index (χ0v) is 7.34. The van der Waals surface area contributed by atoms with Crippen LogP contribution in [0.25, 0.3) is 0 Å². The molecule has 0 unspecified atom stereocenters. The first-order chi connectivity index (χ1) is 5.68. The van der Waals surface area contributed by atoms with Crippen LogP contribution < -0.4 is 10.6 Å². The first-order valence-electron chi connectivity index (χ1n) is 4.41. The molecule has 2 amide bonds. The number of amides is 2. The number of hydrogen-bond donors (Lipinski definition) is 3. The summed E-state index contributed by atoms with van der Waals surface area (Å²) in [5.41, 5.74) is 0. The molecular weight excluding hydrogens is 156 g/mol. The Bertz CT molecular complexity index is 155. The van der Waals surface area contributed by atoms with Crippen LogP contribution in [-0.4, -0.2) is 29.8 Å². The molecule has 0 aliphatic heterocycles. The summed E-state index contributed by atoms with van der Waals surface area (Å²) in [6, 6.07) is 0.194. The molecule has 3 N–H and O–H groups in total. The second kappa shape index (κ2) is 4.30. The van der Waals surface area contributed by atoms with Crippen molar-refractivity contribution in [2.24, 2.45) is 0 Å². The largest absolute Gasteiger partial charge is 0.392 e. The molecule has 0 radical (unpaired) electrons. The molecule has 0 aromatic carbocycles. The quantitative estimate of drug-likeness (QED) is 0.570. The lowest BCUT2D eigenvalue weighted by Crippen LogP contribution is -2.46. The number of aliphatic hydroxyl groups is 1. The summed E-state index contributed by atoms with van der Waals surface area (Å²) >= 11 is 0. The number of hydrogen-bond acceptors (Lipinski definition) is 2. The summed E-state index contributed by atoms with van der Waals surface area (Å²) in [7, 11) is 0. The number of carbonyl (C=O) groups is 1. The molecule has 1 atom stereocenters. The molecule has 1 aliphatic carbocycles. The van der Waals surface area contributed by atoms with E-state index in [-0.39, 0.29) is 6.03 Å². The predicted octanol–water partition coefficient (Wildman–Crippen LogP) is 0.219. The number of rotatable bonds is 3. The van der Waals surface area contributed by atoms with E-state index in [4.69, 9.17) is 5.11 Å². The van der Waals surface area contributed by atoms with E-state index in [0.717, 1.165) is 12.8 Å². The highest BCUT2D eigenvalue weighted by Crippen LogP contribution is 2.17. The summed E-state index contributed by atoms with van der Waals surface area (Å²) < 4.78 is 0. The second-order valence-corrected chi connectivity index (χ2v) is 3.33. The summed E-state index contributed by atoms with van der Waals surface area (Å²) in [4.78, 5) is 11.0. The van der Waals surface area contributed by atoms with Crippen molar-refractivity contribution in [1.29, 1.82) is 0 Å². The van der Waals surface area contributed by atoms with E-state index in [1.807, 2.05) is 0 Å². The van der Waals surface area contributed by atoms with Crippen LogP contribution in [-0.2, 0) is 0 Å². The monoisotopic (exact) mass is 172 g/mol. The maximum absolute atomic E-state index is 11.0. The first-order valence-corrected chi connectivity index (χ1v) is 4.41. The maximum Gasteiger partial charge on any atom is 0.315 e. The van der Waals surface area contributed by atoms with Gasteiger partial charge in [-0.1, -0.05) is 0 Å².